The maximum Gasteiger partial charge on any atom is 0.0991 e. The van der Waals surface area contributed by atoms with Crippen LogP contribution in [0.15, 0.2) is 60.7 Å². The molecule has 0 aliphatic heterocycles. The lowest BCUT2D eigenvalue weighted by atomic mass is 10.1. The first-order valence-electron chi connectivity index (χ1n) is 6.89. The van der Waals surface area contributed by atoms with Gasteiger partial charge in [0.05, 0.1) is 11.6 Å². The molecule has 0 atom stereocenters. The molecule has 1 heterocycles. The Morgan fingerprint density at radius 2 is 1.81 bits per heavy atom. The van der Waals surface area contributed by atoms with Crippen molar-refractivity contribution in [3.63, 3.8) is 0 Å². The van der Waals surface area contributed by atoms with E-state index in [1.165, 1.54) is 20.9 Å². The summed E-state index contributed by atoms with van der Waals surface area (Å²) < 4.78 is 0. The van der Waals surface area contributed by atoms with Crippen LogP contribution in [0.3, 0.4) is 0 Å². The van der Waals surface area contributed by atoms with Gasteiger partial charge in [-0.15, -0.1) is 11.3 Å². The van der Waals surface area contributed by atoms with E-state index in [-0.39, 0.29) is 0 Å². The van der Waals surface area contributed by atoms with E-state index in [0.29, 0.717) is 5.56 Å². The van der Waals surface area contributed by atoms with Gasteiger partial charge in [0.2, 0.25) is 0 Å². The molecule has 0 N–H and O–H groups in total. The van der Waals surface area contributed by atoms with Crippen molar-refractivity contribution in [2.24, 2.45) is 0 Å². The second-order valence-corrected chi connectivity index (χ2v) is 6.29. The zero-order valence-corrected chi connectivity index (χ0v) is 12.7. The predicted octanol–water partition coefficient (Wildman–Crippen LogP) is 5.19. The van der Waals surface area contributed by atoms with Crippen LogP contribution in [0.5, 0.6) is 0 Å². The fraction of sp³-hybridized carbons (Fsp3) is 0.105. The Hall–Kier alpha value is -2.37. The highest BCUT2D eigenvalue weighted by molar-refractivity contribution is 7.15. The molecule has 0 spiro atoms. The van der Waals surface area contributed by atoms with Gasteiger partial charge in [0.25, 0.3) is 0 Å². The first-order valence-corrected chi connectivity index (χ1v) is 7.71. The van der Waals surface area contributed by atoms with Crippen LogP contribution in [0.25, 0.3) is 10.4 Å². The number of hydrogen-bond donors (Lipinski definition) is 0. The van der Waals surface area contributed by atoms with Crippen molar-refractivity contribution in [2.45, 2.75) is 13.3 Å². The smallest absolute Gasteiger partial charge is 0.0991 e. The number of benzene rings is 2. The van der Waals surface area contributed by atoms with Crippen molar-refractivity contribution in [3.8, 4) is 16.5 Å². The van der Waals surface area contributed by atoms with Gasteiger partial charge in [-0.3, -0.25) is 0 Å². The third-order valence-electron chi connectivity index (χ3n) is 3.44. The van der Waals surface area contributed by atoms with E-state index in [0.717, 1.165) is 12.0 Å². The van der Waals surface area contributed by atoms with Crippen molar-refractivity contribution >= 4 is 11.3 Å². The molecule has 2 heteroatoms. The zero-order chi connectivity index (χ0) is 14.7. The molecule has 0 fully saturated rings. The molecule has 0 bridgehead atoms. The van der Waals surface area contributed by atoms with E-state index in [9.17, 15) is 0 Å². The molecule has 2 aromatic carbocycles. The molecule has 1 nitrogen and oxygen atoms in total. The Bertz CT molecular complexity index is 791. The van der Waals surface area contributed by atoms with Crippen LogP contribution in [-0.2, 0) is 6.42 Å². The highest BCUT2D eigenvalue weighted by Crippen LogP contribution is 2.29. The molecule has 0 aliphatic carbocycles. The number of rotatable bonds is 3. The normalized spacial score (nSPS) is 10.3. The third-order valence-corrected chi connectivity index (χ3v) is 4.57. The van der Waals surface area contributed by atoms with Crippen LogP contribution >= 0.6 is 11.3 Å². The van der Waals surface area contributed by atoms with E-state index in [1.807, 2.05) is 18.2 Å². The maximum absolute atomic E-state index is 8.98. The number of hydrogen-bond acceptors (Lipinski definition) is 2. The number of aryl methyl sites for hydroxylation is 1. The molecule has 3 rings (SSSR count). The van der Waals surface area contributed by atoms with Gasteiger partial charge in [0.1, 0.15) is 0 Å². The number of nitrogens with zero attached hydrogens (tertiary/aromatic N) is 1. The minimum Gasteiger partial charge on any atom is -0.192 e. The summed E-state index contributed by atoms with van der Waals surface area (Å²) in [7, 11) is 0. The Labute approximate surface area is 129 Å². The van der Waals surface area contributed by atoms with Crippen LogP contribution in [0.1, 0.15) is 21.6 Å². The molecule has 0 amide bonds. The van der Waals surface area contributed by atoms with Gasteiger partial charge in [-0.05, 0) is 42.3 Å². The van der Waals surface area contributed by atoms with Gasteiger partial charge >= 0.3 is 0 Å². The maximum atomic E-state index is 8.98. The summed E-state index contributed by atoms with van der Waals surface area (Å²) in [6.45, 7) is 2.11. The monoisotopic (exact) mass is 289 g/mol. The molecule has 0 saturated carbocycles. The molecule has 0 aliphatic rings. The summed E-state index contributed by atoms with van der Waals surface area (Å²) >= 11 is 1.79. The molecule has 0 radical (unpaired) electrons. The van der Waals surface area contributed by atoms with Gasteiger partial charge in [0.15, 0.2) is 0 Å². The Kier molecular flexibility index (Phi) is 3.85. The van der Waals surface area contributed by atoms with Gasteiger partial charge in [0, 0.05) is 16.2 Å². The van der Waals surface area contributed by atoms with E-state index < -0.39 is 0 Å². The molecule has 1 aromatic heterocycles. The lowest BCUT2D eigenvalue weighted by molar-refractivity contribution is 1.23. The molecule has 21 heavy (non-hydrogen) atoms. The fourth-order valence-electron chi connectivity index (χ4n) is 2.28. The lowest BCUT2D eigenvalue weighted by Crippen LogP contribution is -1.83. The van der Waals surface area contributed by atoms with Gasteiger partial charge < -0.3 is 0 Å². The summed E-state index contributed by atoms with van der Waals surface area (Å²) in [5.74, 6) is 0. The van der Waals surface area contributed by atoms with Crippen molar-refractivity contribution in [1.82, 2.24) is 0 Å². The van der Waals surface area contributed by atoms with Gasteiger partial charge in [-0.2, -0.15) is 5.26 Å². The van der Waals surface area contributed by atoms with Crippen LogP contribution in [0, 0.1) is 18.3 Å². The summed E-state index contributed by atoms with van der Waals surface area (Å²) in [6.07, 6.45) is 0.961. The summed E-state index contributed by atoms with van der Waals surface area (Å²) in [5.41, 5.74) is 4.45. The van der Waals surface area contributed by atoms with Gasteiger partial charge in [-0.25, -0.2) is 0 Å². The van der Waals surface area contributed by atoms with Crippen molar-refractivity contribution in [1.29, 1.82) is 5.26 Å². The first kappa shape index (κ1) is 13.6. The molecule has 0 unspecified atom stereocenters. The fourth-order valence-corrected chi connectivity index (χ4v) is 3.32. The third kappa shape index (κ3) is 3.21. The second kappa shape index (κ2) is 5.95. The first-order chi connectivity index (χ1) is 10.2. The second-order valence-electron chi connectivity index (χ2n) is 5.12. The largest absolute Gasteiger partial charge is 0.192 e. The quantitative estimate of drug-likeness (QED) is 0.651. The van der Waals surface area contributed by atoms with Crippen molar-refractivity contribution < 1.29 is 0 Å². The van der Waals surface area contributed by atoms with Crippen LogP contribution < -0.4 is 0 Å². The molecule has 0 saturated heterocycles. The van der Waals surface area contributed by atoms with Crippen LogP contribution in [0.4, 0.5) is 0 Å². The SMILES string of the molecule is Cc1ccc(Cc2ccc(-c3cccc(C#N)c3)s2)cc1. The van der Waals surface area contributed by atoms with Crippen molar-refractivity contribution in [2.75, 3.05) is 0 Å². The van der Waals surface area contributed by atoms with E-state index in [2.05, 4.69) is 55.5 Å². The van der Waals surface area contributed by atoms with E-state index in [4.69, 9.17) is 5.26 Å². The lowest BCUT2D eigenvalue weighted by Gasteiger charge is -2.00. The van der Waals surface area contributed by atoms with Crippen molar-refractivity contribution in [3.05, 3.63) is 82.2 Å². The summed E-state index contributed by atoms with van der Waals surface area (Å²) in [5, 5.41) is 8.98. The highest BCUT2D eigenvalue weighted by atomic mass is 32.1. The topological polar surface area (TPSA) is 23.8 Å². The Balaban J connectivity index is 1.83. The molecular formula is C19H15NS. The predicted molar refractivity (Wildman–Crippen MR) is 88.5 cm³/mol. The minimum atomic E-state index is 0.709. The highest BCUT2D eigenvalue weighted by Gasteiger charge is 2.05. The molecular weight excluding hydrogens is 274 g/mol. The zero-order valence-electron chi connectivity index (χ0n) is 11.8. The van der Waals surface area contributed by atoms with Crippen LogP contribution in [-0.4, -0.2) is 0 Å². The van der Waals surface area contributed by atoms with Gasteiger partial charge in [-0.1, -0.05) is 42.0 Å². The molecule has 3 aromatic rings. The molecule has 102 valence electrons. The van der Waals surface area contributed by atoms with Crippen LogP contribution in [0.2, 0.25) is 0 Å². The average molecular weight is 289 g/mol. The van der Waals surface area contributed by atoms with E-state index >= 15 is 0 Å². The summed E-state index contributed by atoms with van der Waals surface area (Å²) in [4.78, 5) is 2.56. The Morgan fingerprint density at radius 1 is 1.00 bits per heavy atom. The van der Waals surface area contributed by atoms with E-state index in [1.54, 1.807) is 11.3 Å². The average Bonchev–Trinajstić information content (AvgIpc) is 2.98. The standard InChI is InChI=1S/C19H15NS/c1-14-5-7-15(8-6-14)12-18-9-10-19(21-18)17-4-2-3-16(11-17)13-20/h2-11H,12H2,1H3. The number of nitriles is 1. The minimum absolute atomic E-state index is 0.709. The summed E-state index contributed by atoms with van der Waals surface area (Å²) in [6, 6.07) is 23.0. The number of thiophene rings is 1. The Morgan fingerprint density at radius 3 is 2.57 bits per heavy atom.